The second-order valence-electron chi connectivity index (χ2n) is 12.6. The number of nitrogens with two attached hydrogens (primary N) is 1. The van der Waals surface area contributed by atoms with Crippen molar-refractivity contribution < 1.29 is 18.8 Å². The van der Waals surface area contributed by atoms with Gasteiger partial charge >= 0.3 is 6.13 Å². The van der Waals surface area contributed by atoms with E-state index in [2.05, 4.69) is 62.3 Å². The van der Waals surface area contributed by atoms with Gasteiger partial charge in [-0.25, -0.2) is 15.0 Å². The third-order valence-corrected chi connectivity index (χ3v) is 17.6. The van der Waals surface area contributed by atoms with E-state index >= 15 is 0 Å². The molecule has 2 aliphatic rings. The van der Waals surface area contributed by atoms with Gasteiger partial charge in [-0.05, 0) is 57.2 Å². The fraction of sp³-hybridized carbons (Fsp3) is 0.731. The van der Waals surface area contributed by atoms with E-state index in [0.29, 0.717) is 35.9 Å². The predicted molar refractivity (Wildman–Crippen MR) is 165 cm³/mol. The van der Waals surface area contributed by atoms with E-state index in [1.807, 2.05) is 11.5 Å². The van der Waals surface area contributed by atoms with Crippen molar-refractivity contribution in [1.29, 1.82) is 0 Å². The fourth-order valence-corrected chi connectivity index (χ4v) is 11.1. The summed E-state index contributed by atoms with van der Waals surface area (Å²) in [6.45, 7) is 19.7. The molecule has 3 heterocycles. The third-order valence-electron chi connectivity index (χ3n) is 8.66. The monoisotopic (exact) mass is 612 g/mol. The lowest BCUT2D eigenvalue weighted by Gasteiger charge is -2.39. The minimum atomic E-state index is -2.09. The second-order valence-corrected chi connectivity index (χ2v) is 22.4. The Kier molecular flexibility index (Phi) is 9.30. The Balaban J connectivity index is 1.47. The van der Waals surface area contributed by atoms with Crippen molar-refractivity contribution in [3.63, 3.8) is 0 Å². The van der Waals surface area contributed by atoms with E-state index in [9.17, 15) is 5.11 Å². The summed E-state index contributed by atoms with van der Waals surface area (Å²) in [4.78, 5) is 12.9. The van der Waals surface area contributed by atoms with Crippen LogP contribution in [0.25, 0.3) is 11.2 Å². The van der Waals surface area contributed by atoms with Crippen LogP contribution in [0.4, 0.5) is 5.82 Å². The predicted octanol–water partition coefficient (Wildman–Crippen LogP) is 6.11. The van der Waals surface area contributed by atoms with Crippen LogP contribution >= 0.6 is 17.5 Å². The third kappa shape index (κ3) is 6.75. The molecule has 2 unspecified atom stereocenters. The summed E-state index contributed by atoms with van der Waals surface area (Å²) in [7, 11) is -2.09. The van der Waals surface area contributed by atoms with Gasteiger partial charge in [0.2, 0.25) is 11.8 Å². The summed E-state index contributed by atoms with van der Waals surface area (Å²) in [5, 5.41) is 11.0. The molecule has 9 nitrogen and oxygen atoms in total. The number of anilines is 1. The molecule has 2 aromatic rings. The van der Waals surface area contributed by atoms with E-state index < -0.39 is 20.5 Å². The van der Waals surface area contributed by atoms with E-state index in [-0.39, 0.29) is 28.2 Å². The van der Waals surface area contributed by atoms with Crippen LogP contribution in [0, 0.1) is 5.92 Å². The first kappa shape index (κ1) is 31.0. The summed E-state index contributed by atoms with van der Waals surface area (Å²) < 4.78 is 21.2. The molecular weight excluding hydrogens is 570 g/mol. The first-order chi connectivity index (χ1) is 18.1. The molecule has 0 spiro atoms. The number of hydrogen-bond acceptors (Lipinski definition) is 10. The van der Waals surface area contributed by atoms with Crippen molar-refractivity contribution in [1.82, 2.24) is 19.5 Å². The van der Waals surface area contributed by atoms with Crippen LogP contribution in [0.2, 0.25) is 18.1 Å². The minimum Gasteiger partial charge on any atom is -0.411 e. The molecule has 2 aromatic heterocycles. The number of nitrogen functional groups attached to an aromatic ring is 1. The largest absolute Gasteiger partial charge is 0.415 e. The number of allylic oxidation sites excluding steroid dienone is 1. The molecule has 0 aromatic carbocycles. The van der Waals surface area contributed by atoms with E-state index in [1.165, 1.54) is 6.33 Å². The molecule has 216 valence electrons. The van der Waals surface area contributed by atoms with Crippen molar-refractivity contribution in [2.24, 2.45) is 5.92 Å². The average Bonchev–Trinajstić information content (AvgIpc) is 3.43. The van der Waals surface area contributed by atoms with Crippen LogP contribution in [-0.2, 0) is 25.5 Å². The van der Waals surface area contributed by atoms with Gasteiger partial charge in [0, 0.05) is 6.42 Å². The Hall–Kier alpha value is -0.983. The minimum absolute atomic E-state index is 0.0493. The Labute approximate surface area is 243 Å². The second kappa shape index (κ2) is 11.7. The zero-order valence-electron chi connectivity index (χ0n) is 24.1. The highest BCUT2D eigenvalue weighted by Crippen LogP contribution is 2.55. The fourth-order valence-electron chi connectivity index (χ4n) is 4.93. The Bertz CT molecular complexity index is 1220. The summed E-state index contributed by atoms with van der Waals surface area (Å²) in [5.41, 5.74) is 8.34. The molecule has 1 saturated heterocycles. The van der Waals surface area contributed by atoms with Gasteiger partial charge in [0.1, 0.15) is 42.2 Å². The smallest absolute Gasteiger partial charge is 0.411 e. The van der Waals surface area contributed by atoms with Gasteiger partial charge in [-0.1, -0.05) is 32.9 Å². The van der Waals surface area contributed by atoms with E-state index in [4.69, 9.17) is 31.2 Å². The number of rotatable bonds is 9. The summed E-state index contributed by atoms with van der Waals surface area (Å²) in [6.07, 6.45) is 3.90. The van der Waals surface area contributed by atoms with Gasteiger partial charge in [0.25, 0.3) is 0 Å². The number of aromatic nitrogens is 4. The number of imidazole rings is 1. The number of aliphatic hydroxyl groups excluding tert-OH is 1. The normalized spacial score (nSPS) is 30.6. The van der Waals surface area contributed by atoms with Gasteiger partial charge in [-0.2, -0.15) is 4.52 Å². The Morgan fingerprint density at radius 2 is 2.08 bits per heavy atom. The molecule has 3 N–H and O–H groups in total. The Morgan fingerprint density at radius 3 is 2.72 bits per heavy atom. The Morgan fingerprint density at radius 1 is 1.36 bits per heavy atom. The van der Waals surface area contributed by atoms with Crippen LogP contribution in [0.1, 0.15) is 66.5 Å². The first-order valence-corrected chi connectivity index (χ1v) is 20.1. The van der Waals surface area contributed by atoms with Crippen molar-refractivity contribution >= 4 is 54.6 Å². The van der Waals surface area contributed by atoms with Crippen LogP contribution in [0.15, 0.2) is 24.8 Å². The molecule has 13 heteroatoms. The van der Waals surface area contributed by atoms with Crippen molar-refractivity contribution in [2.45, 2.75) is 108 Å². The number of nitrogens with zero attached hydrogens (tertiary/aromatic N) is 4. The van der Waals surface area contributed by atoms with Crippen LogP contribution in [0.5, 0.6) is 0 Å². The summed E-state index contributed by atoms with van der Waals surface area (Å²) >= 11 is 7.39. The topological polar surface area (TPSA) is 118 Å². The van der Waals surface area contributed by atoms with Crippen LogP contribution in [-0.4, -0.2) is 62.6 Å². The molecule has 1 saturated carbocycles. The lowest BCUT2D eigenvalue weighted by molar-refractivity contribution is -0.0334. The van der Waals surface area contributed by atoms with Crippen molar-refractivity contribution in [3.8, 4) is 0 Å². The van der Waals surface area contributed by atoms with Crippen LogP contribution in [0.3, 0.4) is 0 Å². The number of fused-ring (bicyclic) bond motifs is 1. The van der Waals surface area contributed by atoms with Gasteiger partial charge in [-0.15, -0.1) is 0 Å². The molecule has 1 aliphatic heterocycles. The molecule has 0 bridgehead atoms. The van der Waals surface area contributed by atoms with Gasteiger partial charge in [0.15, 0.2) is 19.8 Å². The highest BCUT2D eigenvalue weighted by atomic mass is 32.9. The molecule has 39 heavy (non-hydrogen) atoms. The van der Waals surface area contributed by atoms with Gasteiger partial charge < -0.3 is 20.0 Å². The highest BCUT2D eigenvalue weighted by Gasteiger charge is 2.48. The zero-order chi connectivity index (χ0) is 28.8. The standard InChI is InChI=1S/C26H43N5O4PS2Si/c1-16(2)17-9-10-26(6,20(32)11-17)38-36(37)33-13-19-18(35-39(7,8)25(3,4)5)12-21(34-19)31-15-30-22-23(27)28-14-29-24(22)31/h14-15,17-21,32H,1,9-13H2,2-8H3,(H2,27,28,29)/q+1/t17-,18?,19+,20+,21+,26+/m0/s1. The molecular formula is C26H43N5O4PS2Si+. The lowest BCUT2D eigenvalue weighted by Crippen LogP contribution is -2.46. The lowest BCUT2D eigenvalue weighted by atomic mass is 9.77. The highest BCUT2D eigenvalue weighted by molar-refractivity contribution is 8.63. The zero-order valence-corrected chi connectivity index (χ0v) is 27.6. The molecule has 0 radical (unpaired) electrons. The molecule has 4 rings (SSSR count). The molecule has 1 aliphatic carbocycles. The van der Waals surface area contributed by atoms with E-state index in [0.717, 1.165) is 24.8 Å². The summed E-state index contributed by atoms with van der Waals surface area (Å²) in [5.74, 6) is 0.704. The SMILES string of the molecule is C=C(C)[C@H]1CC[C@@](C)(S[P+](=S)OC[C@H]2O[C@@H](n3cnc4c(N)ncnc43)CC2O[Si](C)(C)C(C)(C)C)[C@H](O)C1. The number of aliphatic hydroxyl groups is 1. The first-order valence-electron chi connectivity index (χ1n) is 13.5. The summed E-state index contributed by atoms with van der Waals surface area (Å²) in [6, 6.07) is 0. The maximum Gasteiger partial charge on any atom is 0.415 e. The number of hydrogen-bond donors (Lipinski definition) is 2. The van der Waals surface area contributed by atoms with Gasteiger partial charge in [0.05, 0.1) is 23.3 Å². The molecule has 7 atom stereocenters. The number of ether oxygens (including phenoxy) is 1. The van der Waals surface area contributed by atoms with Crippen LogP contribution < -0.4 is 5.73 Å². The maximum absolute atomic E-state index is 10.9. The quantitative estimate of drug-likeness (QED) is 0.195. The van der Waals surface area contributed by atoms with E-state index in [1.54, 1.807) is 17.7 Å². The van der Waals surface area contributed by atoms with Crippen molar-refractivity contribution in [3.05, 3.63) is 24.8 Å². The maximum atomic E-state index is 10.9. The van der Waals surface area contributed by atoms with Gasteiger partial charge in [-0.3, -0.25) is 4.57 Å². The molecule has 0 amide bonds. The molecule has 2 fully saturated rings. The average molecular weight is 613 g/mol. The van der Waals surface area contributed by atoms with Crippen molar-refractivity contribution in [2.75, 3.05) is 12.3 Å².